The van der Waals surface area contributed by atoms with Gasteiger partial charge in [-0.2, -0.15) is 0 Å². The molecule has 0 saturated carbocycles. The molecular weight excluding hydrogens is 357 g/mol. The zero-order chi connectivity index (χ0) is 17.6. The Morgan fingerprint density at radius 1 is 1.08 bits per heavy atom. The summed E-state index contributed by atoms with van der Waals surface area (Å²) in [5.74, 6) is 0.715. The van der Waals surface area contributed by atoms with Gasteiger partial charge < -0.3 is 10.4 Å². The molecule has 3 rings (SSSR count). The van der Waals surface area contributed by atoms with E-state index in [1.54, 1.807) is 6.07 Å². The van der Waals surface area contributed by atoms with Crippen molar-refractivity contribution in [2.75, 3.05) is 11.9 Å². The molecule has 0 aliphatic rings. The van der Waals surface area contributed by atoms with E-state index in [1.165, 1.54) is 6.33 Å². The number of unbranched alkanes of at least 4 members (excludes halogenated alkanes) is 1. The van der Waals surface area contributed by atoms with E-state index in [0.29, 0.717) is 15.9 Å². The summed E-state index contributed by atoms with van der Waals surface area (Å²) in [5, 5.41) is 14.0. The van der Waals surface area contributed by atoms with E-state index in [2.05, 4.69) is 15.3 Å². The second-order valence-corrected chi connectivity index (χ2v) is 6.28. The average molecular weight is 374 g/mol. The van der Waals surface area contributed by atoms with Gasteiger partial charge in [-0.25, -0.2) is 9.97 Å². The highest BCUT2D eigenvalue weighted by Gasteiger charge is 2.11. The van der Waals surface area contributed by atoms with Crippen LogP contribution in [0.25, 0.3) is 22.0 Å². The molecule has 0 spiro atoms. The second-order valence-electron chi connectivity index (χ2n) is 5.46. The number of halogens is 2. The molecule has 2 N–H and O–H groups in total. The molecule has 6 heteroatoms. The molecule has 4 nitrogen and oxygen atoms in total. The Morgan fingerprint density at radius 2 is 1.96 bits per heavy atom. The molecule has 0 unspecified atom stereocenters. The van der Waals surface area contributed by atoms with Crippen molar-refractivity contribution in [1.29, 1.82) is 0 Å². The predicted molar refractivity (Wildman–Crippen MR) is 104 cm³/mol. The molecule has 0 aliphatic heterocycles. The van der Waals surface area contributed by atoms with Crippen LogP contribution in [0.2, 0.25) is 10.0 Å². The summed E-state index contributed by atoms with van der Waals surface area (Å²) in [7, 11) is 0. The van der Waals surface area contributed by atoms with E-state index in [0.717, 1.165) is 34.9 Å². The van der Waals surface area contributed by atoms with Gasteiger partial charge in [0.2, 0.25) is 0 Å². The lowest BCUT2D eigenvalue weighted by molar-refractivity contribution is 0.289. The number of nitrogens with zero attached hydrogens (tertiary/aromatic N) is 2. The summed E-state index contributed by atoms with van der Waals surface area (Å²) in [4.78, 5) is 8.73. The Balaban J connectivity index is 2.04. The highest BCUT2D eigenvalue weighted by atomic mass is 35.5. The van der Waals surface area contributed by atoms with Crippen LogP contribution in [0.5, 0.6) is 0 Å². The lowest BCUT2D eigenvalue weighted by Crippen LogP contribution is -1.96. The van der Waals surface area contributed by atoms with Gasteiger partial charge in [0.25, 0.3) is 0 Å². The molecule has 1 aromatic heterocycles. The highest BCUT2D eigenvalue weighted by molar-refractivity contribution is 6.42. The van der Waals surface area contributed by atoms with Crippen LogP contribution < -0.4 is 5.32 Å². The molecule has 25 heavy (non-hydrogen) atoms. The van der Waals surface area contributed by atoms with E-state index in [-0.39, 0.29) is 6.61 Å². The standard InChI is InChI=1S/C19H17Cl2N3O/c20-15-8-7-13(11-16(15)21)14-5-4-6-17-18(14)19(24-12-23-17)22-9-2-1-3-10-25/h2,4-9,11-12,25H,1,3,10H2,(H,22,23,24)/b9-2+. The summed E-state index contributed by atoms with van der Waals surface area (Å²) < 4.78 is 0. The molecule has 128 valence electrons. The minimum Gasteiger partial charge on any atom is -0.396 e. The summed E-state index contributed by atoms with van der Waals surface area (Å²) >= 11 is 12.2. The van der Waals surface area contributed by atoms with Crippen molar-refractivity contribution in [2.45, 2.75) is 12.8 Å². The van der Waals surface area contributed by atoms with Crippen molar-refractivity contribution in [1.82, 2.24) is 9.97 Å². The first kappa shape index (κ1) is 17.7. The second kappa shape index (κ2) is 8.30. The molecule has 1 heterocycles. The minimum atomic E-state index is 0.183. The van der Waals surface area contributed by atoms with Crippen molar-refractivity contribution in [3.8, 4) is 11.1 Å². The first-order valence-corrected chi connectivity index (χ1v) is 8.68. The number of aliphatic hydroxyl groups is 1. The van der Waals surface area contributed by atoms with Crippen molar-refractivity contribution >= 4 is 39.9 Å². The molecule has 0 amide bonds. The third kappa shape index (κ3) is 4.10. The van der Waals surface area contributed by atoms with Gasteiger partial charge in [-0.1, -0.05) is 47.5 Å². The topological polar surface area (TPSA) is 58.0 Å². The Morgan fingerprint density at radius 3 is 2.76 bits per heavy atom. The molecule has 0 radical (unpaired) electrons. The molecule has 0 saturated heterocycles. The molecule has 3 aromatic rings. The summed E-state index contributed by atoms with van der Waals surface area (Å²) in [5.41, 5.74) is 2.76. The van der Waals surface area contributed by atoms with Gasteiger partial charge in [0.1, 0.15) is 12.1 Å². The number of fused-ring (bicyclic) bond motifs is 1. The Kier molecular flexibility index (Phi) is 5.87. The third-order valence-electron chi connectivity index (χ3n) is 3.76. The summed E-state index contributed by atoms with van der Waals surface area (Å²) in [6, 6.07) is 11.5. The SMILES string of the molecule is OCCC/C=C/Nc1ncnc2cccc(-c3ccc(Cl)c(Cl)c3)c12. The van der Waals surface area contributed by atoms with Gasteiger partial charge in [-0.3, -0.25) is 0 Å². The smallest absolute Gasteiger partial charge is 0.141 e. The van der Waals surface area contributed by atoms with Gasteiger partial charge in [-0.05, 0) is 48.4 Å². The van der Waals surface area contributed by atoms with Crippen molar-refractivity contribution in [2.24, 2.45) is 0 Å². The van der Waals surface area contributed by atoms with Gasteiger partial charge in [0.15, 0.2) is 0 Å². The van der Waals surface area contributed by atoms with Gasteiger partial charge in [0.05, 0.1) is 20.9 Å². The van der Waals surface area contributed by atoms with Crippen LogP contribution in [0.1, 0.15) is 12.8 Å². The molecule has 0 aliphatic carbocycles. The van der Waals surface area contributed by atoms with Crippen LogP contribution in [0.4, 0.5) is 5.82 Å². The predicted octanol–water partition coefficient (Wildman–Crippen LogP) is 5.30. The zero-order valence-corrected chi connectivity index (χ0v) is 14.9. The number of benzene rings is 2. The number of nitrogens with one attached hydrogen (secondary N) is 1. The largest absolute Gasteiger partial charge is 0.396 e. The van der Waals surface area contributed by atoms with Crippen LogP contribution >= 0.6 is 23.2 Å². The van der Waals surface area contributed by atoms with Crippen LogP contribution in [-0.2, 0) is 0 Å². The Bertz CT molecular complexity index is 907. The van der Waals surface area contributed by atoms with E-state index in [4.69, 9.17) is 28.3 Å². The van der Waals surface area contributed by atoms with Crippen molar-refractivity contribution < 1.29 is 5.11 Å². The average Bonchev–Trinajstić information content (AvgIpc) is 2.63. The Hall–Kier alpha value is -2.14. The molecule has 0 fully saturated rings. The fourth-order valence-electron chi connectivity index (χ4n) is 2.55. The number of aliphatic hydroxyl groups excluding tert-OH is 1. The number of anilines is 1. The molecule has 2 aromatic carbocycles. The molecular formula is C19H17Cl2N3O. The van der Waals surface area contributed by atoms with Gasteiger partial charge in [0, 0.05) is 6.61 Å². The zero-order valence-electron chi connectivity index (χ0n) is 13.4. The quantitative estimate of drug-likeness (QED) is 0.575. The first-order valence-electron chi connectivity index (χ1n) is 7.92. The van der Waals surface area contributed by atoms with Crippen molar-refractivity contribution in [3.05, 3.63) is 65.0 Å². The maximum Gasteiger partial charge on any atom is 0.141 e. The number of rotatable bonds is 6. The fourth-order valence-corrected chi connectivity index (χ4v) is 2.85. The maximum absolute atomic E-state index is 8.83. The minimum absolute atomic E-state index is 0.183. The van der Waals surface area contributed by atoms with Crippen LogP contribution in [0.3, 0.4) is 0 Å². The number of aromatic nitrogens is 2. The van der Waals surface area contributed by atoms with Crippen LogP contribution in [0, 0.1) is 0 Å². The maximum atomic E-state index is 8.83. The van der Waals surface area contributed by atoms with Gasteiger partial charge >= 0.3 is 0 Å². The van der Waals surface area contributed by atoms with E-state index >= 15 is 0 Å². The fraction of sp³-hybridized carbons (Fsp3) is 0.158. The summed E-state index contributed by atoms with van der Waals surface area (Å²) in [6.07, 6.45) is 6.86. The van der Waals surface area contributed by atoms with Gasteiger partial charge in [-0.15, -0.1) is 0 Å². The highest BCUT2D eigenvalue weighted by Crippen LogP contribution is 2.34. The monoisotopic (exact) mass is 373 g/mol. The summed E-state index contributed by atoms with van der Waals surface area (Å²) in [6.45, 7) is 0.183. The lowest BCUT2D eigenvalue weighted by Gasteiger charge is -2.11. The normalized spacial score (nSPS) is 11.3. The number of hydrogen-bond donors (Lipinski definition) is 2. The van der Waals surface area contributed by atoms with Crippen molar-refractivity contribution in [3.63, 3.8) is 0 Å². The van der Waals surface area contributed by atoms with E-state index < -0.39 is 0 Å². The van der Waals surface area contributed by atoms with E-state index in [1.807, 2.05) is 42.6 Å². The van der Waals surface area contributed by atoms with E-state index in [9.17, 15) is 0 Å². The number of hydrogen-bond acceptors (Lipinski definition) is 4. The first-order chi connectivity index (χ1) is 12.2. The molecule has 0 atom stereocenters. The molecule has 0 bridgehead atoms. The Labute approximate surface area is 156 Å². The van der Waals surface area contributed by atoms with Crippen LogP contribution in [-0.4, -0.2) is 21.7 Å². The number of allylic oxidation sites excluding steroid dienone is 1. The lowest BCUT2D eigenvalue weighted by atomic mass is 10.0. The third-order valence-corrected chi connectivity index (χ3v) is 4.50. The van der Waals surface area contributed by atoms with Crippen LogP contribution in [0.15, 0.2) is 55.0 Å².